The molecule has 0 fully saturated rings. The summed E-state index contributed by atoms with van der Waals surface area (Å²) in [6.07, 6.45) is 0. The van der Waals surface area contributed by atoms with Crippen LogP contribution in [0.5, 0.6) is 0 Å². The molecule has 0 aliphatic carbocycles. The molecule has 0 heteroatoms. The van der Waals surface area contributed by atoms with Gasteiger partial charge in [-0.05, 0) is 57.1 Å². The zero-order valence-electron chi connectivity index (χ0n) is 16.8. The molecule has 2 rings (SSSR count). The topological polar surface area (TPSA) is 0 Å². The van der Waals surface area contributed by atoms with Crippen molar-refractivity contribution in [1.29, 1.82) is 0 Å². The van der Waals surface area contributed by atoms with Crippen LogP contribution in [0.4, 0.5) is 0 Å². The fraction of sp³-hybridized carbons (Fsp3) is 0.500. The molecule has 24 heavy (non-hydrogen) atoms. The van der Waals surface area contributed by atoms with Crippen LogP contribution in [0.2, 0.25) is 0 Å². The smallest absolute Gasteiger partial charge is 0.0146 e. The first-order valence-electron chi connectivity index (χ1n) is 9.50. The molecule has 0 nitrogen and oxygen atoms in total. The number of hydrogen-bond donors (Lipinski definition) is 0. The second-order valence-electron chi connectivity index (χ2n) is 8.32. The van der Waals surface area contributed by atoms with E-state index in [1.54, 1.807) is 0 Å². The average molecular weight is 323 g/mol. The zero-order chi connectivity index (χ0) is 18.0. The summed E-state index contributed by atoms with van der Waals surface area (Å²) in [5.41, 5.74) is 8.70. The lowest BCUT2D eigenvalue weighted by atomic mass is 9.83. The molecule has 0 aliphatic rings. The van der Waals surface area contributed by atoms with Crippen LogP contribution in [0.3, 0.4) is 0 Å². The van der Waals surface area contributed by atoms with Gasteiger partial charge in [-0.2, -0.15) is 0 Å². The van der Waals surface area contributed by atoms with E-state index in [0.717, 1.165) is 0 Å². The van der Waals surface area contributed by atoms with Crippen LogP contribution in [-0.2, 0) is 0 Å². The van der Waals surface area contributed by atoms with E-state index in [1.165, 1.54) is 33.4 Å². The predicted octanol–water partition coefficient (Wildman–Crippen LogP) is 7.85. The van der Waals surface area contributed by atoms with Crippen molar-refractivity contribution in [1.82, 2.24) is 0 Å². The number of hydrogen-bond acceptors (Lipinski definition) is 0. The molecule has 0 N–H and O–H groups in total. The van der Waals surface area contributed by atoms with E-state index < -0.39 is 0 Å². The summed E-state index contributed by atoms with van der Waals surface area (Å²) in [5, 5.41) is 0. The van der Waals surface area contributed by atoms with E-state index in [-0.39, 0.29) is 0 Å². The van der Waals surface area contributed by atoms with Crippen molar-refractivity contribution >= 4 is 0 Å². The normalized spacial score (nSPS) is 12.0. The lowest BCUT2D eigenvalue weighted by Crippen LogP contribution is -2.02. The Labute approximate surface area is 149 Å². The summed E-state index contributed by atoms with van der Waals surface area (Å²) in [4.78, 5) is 0. The Balaban J connectivity index is 2.74. The second-order valence-corrected chi connectivity index (χ2v) is 8.32. The van der Waals surface area contributed by atoms with E-state index in [0.29, 0.717) is 23.7 Å². The molecular formula is C24H34. The van der Waals surface area contributed by atoms with Crippen LogP contribution < -0.4 is 0 Å². The molecule has 0 saturated carbocycles. The SMILES string of the molecule is CC(C)c1cc(-c2cccc(C(C)C)c2C(C)C)cc(C(C)C)c1. The first-order valence-corrected chi connectivity index (χ1v) is 9.50. The molecule has 0 bridgehead atoms. The molecule has 0 heterocycles. The summed E-state index contributed by atoms with van der Waals surface area (Å²) in [6.45, 7) is 18.4. The third kappa shape index (κ3) is 3.91. The highest BCUT2D eigenvalue weighted by Crippen LogP contribution is 2.37. The van der Waals surface area contributed by atoms with Crippen LogP contribution >= 0.6 is 0 Å². The molecule has 0 aromatic heterocycles. The third-order valence-corrected chi connectivity index (χ3v) is 4.96. The number of benzene rings is 2. The fourth-order valence-electron chi connectivity index (χ4n) is 3.48. The lowest BCUT2D eigenvalue weighted by molar-refractivity contribution is 0.791. The van der Waals surface area contributed by atoms with E-state index in [1.807, 2.05) is 0 Å². The summed E-state index contributed by atoms with van der Waals surface area (Å²) >= 11 is 0. The van der Waals surface area contributed by atoms with Crippen LogP contribution in [0.25, 0.3) is 11.1 Å². The maximum absolute atomic E-state index is 2.40. The van der Waals surface area contributed by atoms with Gasteiger partial charge in [0.1, 0.15) is 0 Å². The van der Waals surface area contributed by atoms with Crippen LogP contribution in [0, 0.1) is 0 Å². The molecule has 130 valence electrons. The third-order valence-electron chi connectivity index (χ3n) is 4.96. The quantitative estimate of drug-likeness (QED) is 0.525. The minimum Gasteiger partial charge on any atom is -0.0613 e. The van der Waals surface area contributed by atoms with Crippen molar-refractivity contribution < 1.29 is 0 Å². The Kier molecular flexibility index (Phi) is 5.91. The van der Waals surface area contributed by atoms with Crippen LogP contribution in [0.1, 0.15) is 101 Å². The monoisotopic (exact) mass is 322 g/mol. The Morgan fingerprint density at radius 1 is 0.583 bits per heavy atom. The lowest BCUT2D eigenvalue weighted by Gasteiger charge is -2.22. The average Bonchev–Trinajstić information content (AvgIpc) is 2.53. The molecule has 2 aromatic carbocycles. The van der Waals surface area contributed by atoms with Gasteiger partial charge in [0.2, 0.25) is 0 Å². The van der Waals surface area contributed by atoms with Crippen LogP contribution in [-0.4, -0.2) is 0 Å². The van der Waals surface area contributed by atoms with E-state index in [4.69, 9.17) is 0 Å². The fourth-order valence-corrected chi connectivity index (χ4v) is 3.48. The van der Waals surface area contributed by atoms with Gasteiger partial charge in [0.15, 0.2) is 0 Å². The zero-order valence-corrected chi connectivity index (χ0v) is 16.8. The van der Waals surface area contributed by atoms with E-state index in [2.05, 4.69) is 91.8 Å². The maximum atomic E-state index is 2.40. The highest BCUT2D eigenvalue weighted by Gasteiger charge is 2.17. The Bertz CT molecular complexity index is 661. The minimum absolute atomic E-state index is 0.531. The molecule has 2 aromatic rings. The van der Waals surface area contributed by atoms with Gasteiger partial charge in [-0.1, -0.05) is 91.8 Å². The molecule has 0 spiro atoms. The van der Waals surface area contributed by atoms with Crippen molar-refractivity contribution in [3.05, 3.63) is 58.7 Å². The molecule has 0 aliphatic heterocycles. The maximum Gasteiger partial charge on any atom is -0.0146 e. The van der Waals surface area contributed by atoms with Gasteiger partial charge >= 0.3 is 0 Å². The Morgan fingerprint density at radius 3 is 1.54 bits per heavy atom. The van der Waals surface area contributed by atoms with Gasteiger partial charge in [-0.25, -0.2) is 0 Å². The Morgan fingerprint density at radius 2 is 1.12 bits per heavy atom. The first kappa shape index (κ1) is 18.8. The van der Waals surface area contributed by atoms with Gasteiger partial charge < -0.3 is 0 Å². The van der Waals surface area contributed by atoms with Crippen LogP contribution in [0.15, 0.2) is 36.4 Å². The minimum atomic E-state index is 0.531. The molecule has 0 atom stereocenters. The Hall–Kier alpha value is -1.56. The first-order chi connectivity index (χ1) is 11.2. The molecule has 0 unspecified atom stereocenters. The molecular weight excluding hydrogens is 288 g/mol. The van der Waals surface area contributed by atoms with Gasteiger partial charge in [0.25, 0.3) is 0 Å². The second kappa shape index (κ2) is 7.55. The molecule has 0 amide bonds. The molecule has 0 saturated heterocycles. The number of rotatable bonds is 5. The standard InChI is InChI=1S/C24H34/c1-15(2)19-12-20(16(3)4)14-21(13-19)23-11-9-10-22(17(5)6)24(23)18(7)8/h9-18H,1-8H3. The summed E-state index contributed by atoms with van der Waals surface area (Å²) in [7, 11) is 0. The predicted molar refractivity (Wildman–Crippen MR) is 108 cm³/mol. The van der Waals surface area contributed by atoms with Gasteiger partial charge in [0.05, 0.1) is 0 Å². The van der Waals surface area contributed by atoms with Crippen molar-refractivity contribution in [2.45, 2.75) is 79.1 Å². The van der Waals surface area contributed by atoms with Gasteiger partial charge in [-0.15, -0.1) is 0 Å². The summed E-state index contributed by atoms with van der Waals surface area (Å²) < 4.78 is 0. The van der Waals surface area contributed by atoms with E-state index >= 15 is 0 Å². The van der Waals surface area contributed by atoms with Gasteiger partial charge in [-0.3, -0.25) is 0 Å². The summed E-state index contributed by atoms with van der Waals surface area (Å²) in [5.74, 6) is 2.19. The highest BCUT2D eigenvalue weighted by molar-refractivity contribution is 5.71. The van der Waals surface area contributed by atoms with Crippen molar-refractivity contribution in [2.24, 2.45) is 0 Å². The largest absolute Gasteiger partial charge is 0.0613 e. The van der Waals surface area contributed by atoms with Crippen molar-refractivity contribution in [3.63, 3.8) is 0 Å². The van der Waals surface area contributed by atoms with E-state index in [9.17, 15) is 0 Å². The summed E-state index contributed by atoms with van der Waals surface area (Å²) in [6, 6.07) is 14.0. The van der Waals surface area contributed by atoms with Crippen molar-refractivity contribution in [3.8, 4) is 11.1 Å². The molecule has 0 radical (unpaired) electrons. The van der Waals surface area contributed by atoms with Gasteiger partial charge in [0, 0.05) is 0 Å². The highest BCUT2D eigenvalue weighted by atomic mass is 14.2. The van der Waals surface area contributed by atoms with Crippen molar-refractivity contribution in [2.75, 3.05) is 0 Å².